The van der Waals surface area contributed by atoms with Gasteiger partial charge in [0.05, 0.1) is 18.9 Å². The standard InChI is InChI=1S/C10H20N2O/c1-8(2)12-6-7-13-9-4-3-5-11-10(9)12/h8-11H,3-7H2,1-2H3. The van der Waals surface area contributed by atoms with E-state index in [9.17, 15) is 0 Å². The molecule has 2 atom stereocenters. The van der Waals surface area contributed by atoms with Gasteiger partial charge in [-0.25, -0.2) is 0 Å². The molecule has 0 aromatic heterocycles. The van der Waals surface area contributed by atoms with Crippen molar-refractivity contribution in [3.63, 3.8) is 0 Å². The maximum Gasteiger partial charge on any atom is 0.0870 e. The molecule has 2 saturated heterocycles. The average molecular weight is 184 g/mol. The van der Waals surface area contributed by atoms with Crippen molar-refractivity contribution in [1.82, 2.24) is 10.2 Å². The van der Waals surface area contributed by atoms with Crippen molar-refractivity contribution >= 4 is 0 Å². The molecular formula is C10H20N2O. The summed E-state index contributed by atoms with van der Waals surface area (Å²) in [4.78, 5) is 2.52. The summed E-state index contributed by atoms with van der Waals surface area (Å²) in [5, 5.41) is 3.55. The molecule has 2 heterocycles. The fourth-order valence-corrected chi connectivity index (χ4v) is 2.38. The van der Waals surface area contributed by atoms with E-state index in [1.807, 2.05) is 0 Å². The molecule has 3 nitrogen and oxygen atoms in total. The number of piperidine rings is 1. The van der Waals surface area contributed by atoms with E-state index in [0.29, 0.717) is 18.3 Å². The molecule has 2 aliphatic heterocycles. The van der Waals surface area contributed by atoms with Crippen LogP contribution in [0.5, 0.6) is 0 Å². The van der Waals surface area contributed by atoms with Crippen LogP contribution in [0.3, 0.4) is 0 Å². The first-order chi connectivity index (χ1) is 6.29. The minimum Gasteiger partial charge on any atom is -0.374 e. The zero-order valence-corrected chi connectivity index (χ0v) is 8.62. The van der Waals surface area contributed by atoms with Gasteiger partial charge in [-0.2, -0.15) is 0 Å². The van der Waals surface area contributed by atoms with Gasteiger partial charge in [0.25, 0.3) is 0 Å². The van der Waals surface area contributed by atoms with Gasteiger partial charge in [-0.3, -0.25) is 10.2 Å². The number of rotatable bonds is 1. The molecule has 2 aliphatic rings. The Morgan fingerprint density at radius 1 is 1.46 bits per heavy atom. The number of hydrogen-bond acceptors (Lipinski definition) is 3. The highest BCUT2D eigenvalue weighted by Gasteiger charge is 2.34. The van der Waals surface area contributed by atoms with E-state index in [0.717, 1.165) is 19.7 Å². The number of fused-ring (bicyclic) bond motifs is 1. The summed E-state index contributed by atoms with van der Waals surface area (Å²) in [6.07, 6.45) is 3.39. The first kappa shape index (κ1) is 9.44. The van der Waals surface area contributed by atoms with E-state index in [1.165, 1.54) is 12.8 Å². The molecule has 0 aromatic carbocycles. The largest absolute Gasteiger partial charge is 0.374 e. The van der Waals surface area contributed by atoms with E-state index in [1.54, 1.807) is 0 Å². The monoisotopic (exact) mass is 184 g/mol. The number of nitrogens with zero attached hydrogens (tertiary/aromatic N) is 1. The Morgan fingerprint density at radius 3 is 3.08 bits per heavy atom. The summed E-state index contributed by atoms with van der Waals surface area (Å²) >= 11 is 0. The van der Waals surface area contributed by atoms with Crippen molar-refractivity contribution in [3.05, 3.63) is 0 Å². The predicted molar refractivity (Wildman–Crippen MR) is 52.6 cm³/mol. The molecule has 0 bridgehead atoms. The lowest BCUT2D eigenvalue weighted by molar-refractivity contribution is -0.106. The van der Waals surface area contributed by atoms with Gasteiger partial charge in [0, 0.05) is 12.6 Å². The maximum absolute atomic E-state index is 5.76. The topological polar surface area (TPSA) is 24.5 Å². The SMILES string of the molecule is CC(C)N1CCOC2CCCNC21. The van der Waals surface area contributed by atoms with Crippen molar-refractivity contribution in [2.24, 2.45) is 0 Å². The highest BCUT2D eigenvalue weighted by atomic mass is 16.5. The fraction of sp³-hybridized carbons (Fsp3) is 1.00. The van der Waals surface area contributed by atoms with Gasteiger partial charge in [-0.1, -0.05) is 0 Å². The second-order valence-corrected chi connectivity index (χ2v) is 4.28. The minimum absolute atomic E-state index is 0.435. The third-order valence-electron chi connectivity index (χ3n) is 3.07. The Bertz CT molecular complexity index is 170. The van der Waals surface area contributed by atoms with Crippen LogP contribution in [-0.4, -0.2) is 42.9 Å². The van der Waals surface area contributed by atoms with Crippen LogP contribution in [0.25, 0.3) is 0 Å². The van der Waals surface area contributed by atoms with E-state index < -0.39 is 0 Å². The molecule has 0 aromatic rings. The lowest BCUT2D eigenvalue weighted by Gasteiger charge is -2.46. The molecule has 1 N–H and O–H groups in total. The Morgan fingerprint density at radius 2 is 2.31 bits per heavy atom. The van der Waals surface area contributed by atoms with Crippen LogP contribution in [0.1, 0.15) is 26.7 Å². The van der Waals surface area contributed by atoms with Crippen LogP contribution >= 0.6 is 0 Å². The van der Waals surface area contributed by atoms with Crippen LogP contribution in [0.15, 0.2) is 0 Å². The van der Waals surface area contributed by atoms with Crippen LogP contribution in [0.4, 0.5) is 0 Å². The molecule has 2 rings (SSSR count). The average Bonchev–Trinajstić information content (AvgIpc) is 2.17. The van der Waals surface area contributed by atoms with E-state index in [4.69, 9.17) is 4.74 Å². The fourth-order valence-electron chi connectivity index (χ4n) is 2.38. The van der Waals surface area contributed by atoms with Crippen LogP contribution in [0, 0.1) is 0 Å². The predicted octanol–water partition coefficient (Wildman–Crippen LogP) is 0.805. The summed E-state index contributed by atoms with van der Waals surface area (Å²) in [6.45, 7) is 7.65. The van der Waals surface area contributed by atoms with E-state index in [-0.39, 0.29) is 0 Å². The van der Waals surface area contributed by atoms with Gasteiger partial charge < -0.3 is 4.74 Å². The second kappa shape index (κ2) is 3.95. The number of ether oxygens (including phenoxy) is 1. The third kappa shape index (κ3) is 1.87. The van der Waals surface area contributed by atoms with Crippen LogP contribution in [0.2, 0.25) is 0 Å². The van der Waals surface area contributed by atoms with Gasteiger partial charge in [0.15, 0.2) is 0 Å². The smallest absolute Gasteiger partial charge is 0.0870 e. The first-order valence-electron chi connectivity index (χ1n) is 5.40. The lowest BCUT2D eigenvalue weighted by Crippen LogP contribution is -2.62. The van der Waals surface area contributed by atoms with Gasteiger partial charge in [-0.05, 0) is 33.2 Å². The normalized spacial score (nSPS) is 36.2. The van der Waals surface area contributed by atoms with Crippen molar-refractivity contribution in [2.45, 2.75) is 45.0 Å². The number of morpholine rings is 1. The summed E-state index contributed by atoms with van der Waals surface area (Å²) in [7, 11) is 0. The Balaban J connectivity index is 2.02. The molecular weight excluding hydrogens is 164 g/mol. The Kier molecular flexibility index (Phi) is 2.86. The van der Waals surface area contributed by atoms with Crippen molar-refractivity contribution in [2.75, 3.05) is 19.7 Å². The molecule has 0 radical (unpaired) electrons. The zero-order valence-electron chi connectivity index (χ0n) is 8.62. The number of hydrogen-bond donors (Lipinski definition) is 1. The quantitative estimate of drug-likeness (QED) is 0.652. The molecule has 2 fully saturated rings. The Labute approximate surface area is 80.4 Å². The molecule has 0 spiro atoms. The summed E-state index contributed by atoms with van der Waals surface area (Å²) in [6, 6.07) is 0.627. The molecule has 3 heteroatoms. The van der Waals surface area contributed by atoms with Gasteiger partial charge >= 0.3 is 0 Å². The van der Waals surface area contributed by atoms with Crippen LogP contribution < -0.4 is 5.32 Å². The third-order valence-corrected chi connectivity index (χ3v) is 3.07. The summed E-state index contributed by atoms with van der Waals surface area (Å²) in [5.74, 6) is 0. The van der Waals surface area contributed by atoms with E-state index >= 15 is 0 Å². The highest BCUT2D eigenvalue weighted by molar-refractivity contribution is 4.87. The van der Waals surface area contributed by atoms with Crippen molar-refractivity contribution in [3.8, 4) is 0 Å². The minimum atomic E-state index is 0.435. The lowest BCUT2D eigenvalue weighted by atomic mass is 10.0. The van der Waals surface area contributed by atoms with Gasteiger partial charge in [0.1, 0.15) is 0 Å². The molecule has 2 unspecified atom stereocenters. The summed E-state index contributed by atoms with van der Waals surface area (Å²) < 4.78 is 5.76. The van der Waals surface area contributed by atoms with Gasteiger partial charge in [-0.15, -0.1) is 0 Å². The number of nitrogens with one attached hydrogen (secondary N) is 1. The van der Waals surface area contributed by atoms with Crippen LogP contribution in [-0.2, 0) is 4.74 Å². The van der Waals surface area contributed by atoms with Crippen molar-refractivity contribution in [1.29, 1.82) is 0 Å². The van der Waals surface area contributed by atoms with Crippen molar-refractivity contribution < 1.29 is 4.74 Å². The van der Waals surface area contributed by atoms with E-state index in [2.05, 4.69) is 24.1 Å². The molecule has 0 amide bonds. The molecule has 0 aliphatic carbocycles. The Hall–Kier alpha value is -0.120. The first-order valence-corrected chi connectivity index (χ1v) is 5.40. The molecule has 0 saturated carbocycles. The maximum atomic E-state index is 5.76. The second-order valence-electron chi connectivity index (χ2n) is 4.28. The summed E-state index contributed by atoms with van der Waals surface area (Å²) in [5.41, 5.74) is 0. The molecule has 13 heavy (non-hydrogen) atoms. The molecule has 76 valence electrons. The van der Waals surface area contributed by atoms with Gasteiger partial charge in [0.2, 0.25) is 0 Å². The zero-order chi connectivity index (χ0) is 9.26. The highest BCUT2D eigenvalue weighted by Crippen LogP contribution is 2.21.